The van der Waals surface area contributed by atoms with Crippen molar-refractivity contribution in [3.8, 4) is 0 Å². The minimum absolute atomic E-state index is 0.132. The summed E-state index contributed by atoms with van der Waals surface area (Å²) in [6, 6.07) is 18.7. The molecule has 1 atom stereocenters. The molecule has 0 spiro atoms. The summed E-state index contributed by atoms with van der Waals surface area (Å²) in [6.45, 7) is 3.09. The van der Waals surface area contributed by atoms with Crippen LogP contribution in [0, 0.1) is 0 Å². The summed E-state index contributed by atoms with van der Waals surface area (Å²) in [5.41, 5.74) is 2.39. The molecule has 0 aliphatic rings. The fourth-order valence-corrected chi connectivity index (χ4v) is 2.84. The first-order chi connectivity index (χ1) is 10.2. The molecule has 3 aromatic rings. The third-order valence-electron chi connectivity index (χ3n) is 3.95. The number of hydrogen-bond donors (Lipinski definition) is 0. The summed E-state index contributed by atoms with van der Waals surface area (Å²) in [7, 11) is 0. The maximum absolute atomic E-state index is 6.04. The van der Waals surface area contributed by atoms with Gasteiger partial charge in [0, 0.05) is 29.4 Å². The highest BCUT2D eigenvalue weighted by Gasteiger charge is 2.29. The fraction of sp³-hybridized carbons (Fsp3) is 0.167. The van der Waals surface area contributed by atoms with Crippen LogP contribution in [0.1, 0.15) is 18.1 Å². The van der Waals surface area contributed by atoms with Crippen molar-refractivity contribution in [2.45, 2.75) is 18.9 Å². The number of nitrogens with zero attached hydrogens (tertiary/aromatic N) is 2. The van der Waals surface area contributed by atoms with Crippen molar-refractivity contribution in [2.75, 3.05) is 0 Å². The van der Waals surface area contributed by atoms with E-state index in [9.17, 15) is 0 Å². The third-order valence-corrected chi connectivity index (χ3v) is 4.20. The number of hydrogen-bond acceptors (Lipinski definition) is 1. The van der Waals surface area contributed by atoms with Crippen LogP contribution in [0.4, 0.5) is 0 Å². The van der Waals surface area contributed by atoms with Gasteiger partial charge in [-0.05, 0) is 30.2 Å². The Morgan fingerprint density at radius 3 is 2.29 bits per heavy atom. The Bertz CT molecular complexity index is 690. The van der Waals surface area contributed by atoms with Crippen LogP contribution in [0.3, 0.4) is 0 Å². The van der Waals surface area contributed by atoms with Crippen molar-refractivity contribution >= 4 is 11.6 Å². The molecule has 0 aliphatic heterocycles. The normalized spacial score (nSPS) is 13.8. The van der Waals surface area contributed by atoms with E-state index in [2.05, 4.69) is 52.9 Å². The van der Waals surface area contributed by atoms with Gasteiger partial charge in [-0.15, -0.1) is 0 Å². The average molecular weight is 297 g/mol. The zero-order valence-corrected chi connectivity index (χ0v) is 12.7. The Morgan fingerprint density at radius 1 is 1.00 bits per heavy atom. The monoisotopic (exact) mass is 296 g/mol. The molecule has 0 saturated heterocycles. The molecule has 2 nitrogen and oxygen atoms in total. The molecule has 1 unspecified atom stereocenters. The SMILES string of the molecule is CC(Cn1ccnc1)(c1ccccc1)c1ccc(Cl)cc1. The van der Waals surface area contributed by atoms with Crippen LogP contribution in [0.15, 0.2) is 73.3 Å². The van der Waals surface area contributed by atoms with Gasteiger partial charge in [0.25, 0.3) is 0 Å². The zero-order valence-electron chi connectivity index (χ0n) is 11.9. The number of halogens is 1. The van der Waals surface area contributed by atoms with Gasteiger partial charge in [0.1, 0.15) is 0 Å². The number of aromatic nitrogens is 2. The van der Waals surface area contributed by atoms with Crippen molar-refractivity contribution in [1.29, 1.82) is 0 Å². The van der Waals surface area contributed by atoms with E-state index in [0.717, 1.165) is 11.6 Å². The van der Waals surface area contributed by atoms with Crippen LogP contribution in [0.2, 0.25) is 5.02 Å². The molecule has 1 aromatic heterocycles. The van der Waals surface area contributed by atoms with Crippen molar-refractivity contribution in [2.24, 2.45) is 0 Å². The molecule has 0 bridgehead atoms. The van der Waals surface area contributed by atoms with Crippen molar-refractivity contribution in [3.63, 3.8) is 0 Å². The minimum atomic E-state index is -0.132. The minimum Gasteiger partial charge on any atom is -0.336 e. The maximum atomic E-state index is 6.04. The van der Waals surface area contributed by atoms with Gasteiger partial charge in [-0.25, -0.2) is 4.98 Å². The molecule has 0 radical (unpaired) electrons. The highest BCUT2D eigenvalue weighted by molar-refractivity contribution is 6.30. The second kappa shape index (κ2) is 5.74. The van der Waals surface area contributed by atoms with Crippen LogP contribution in [0.5, 0.6) is 0 Å². The standard InChI is InChI=1S/C18H17ClN2/c1-18(13-21-12-11-20-14-21,15-5-3-2-4-6-15)16-7-9-17(19)10-8-16/h2-12,14H,13H2,1H3. The van der Waals surface area contributed by atoms with E-state index < -0.39 is 0 Å². The molecule has 0 N–H and O–H groups in total. The molecule has 3 heteroatoms. The van der Waals surface area contributed by atoms with E-state index in [0.29, 0.717) is 0 Å². The fourth-order valence-electron chi connectivity index (χ4n) is 2.72. The quantitative estimate of drug-likeness (QED) is 0.691. The molecular formula is C18H17ClN2. The van der Waals surface area contributed by atoms with Crippen LogP contribution in [0.25, 0.3) is 0 Å². The average Bonchev–Trinajstić information content (AvgIpc) is 3.01. The lowest BCUT2D eigenvalue weighted by Gasteiger charge is -2.31. The molecule has 0 aliphatic carbocycles. The molecule has 0 saturated carbocycles. The molecule has 2 aromatic carbocycles. The van der Waals surface area contributed by atoms with E-state index in [1.54, 1.807) is 0 Å². The van der Waals surface area contributed by atoms with E-state index in [-0.39, 0.29) is 5.41 Å². The van der Waals surface area contributed by atoms with Gasteiger partial charge >= 0.3 is 0 Å². The summed E-state index contributed by atoms with van der Waals surface area (Å²) in [5.74, 6) is 0. The van der Waals surface area contributed by atoms with E-state index in [4.69, 9.17) is 11.6 Å². The smallest absolute Gasteiger partial charge is 0.0946 e. The van der Waals surface area contributed by atoms with Crippen molar-refractivity contribution < 1.29 is 0 Å². The van der Waals surface area contributed by atoms with Gasteiger partial charge in [-0.3, -0.25) is 0 Å². The first-order valence-corrected chi connectivity index (χ1v) is 7.33. The van der Waals surface area contributed by atoms with Crippen LogP contribution in [-0.2, 0) is 12.0 Å². The summed E-state index contributed by atoms with van der Waals surface area (Å²) >= 11 is 6.04. The first-order valence-electron chi connectivity index (χ1n) is 6.96. The topological polar surface area (TPSA) is 17.8 Å². The molecule has 106 valence electrons. The number of benzene rings is 2. The van der Waals surface area contributed by atoms with Gasteiger partial charge < -0.3 is 4.57 Å². The lowest BCUT2D eigenvalue weighted by molar-refractivity contribution is 0.468. The van der Waals surface area contributed by atoms with Gasteiger partial charge in [-0.1, -0.05) is 54.1 Å². The Kier molecular flexibility index (Phi) is 3.80. The summed E-state index contributed by atoms with van der Waals surface area (Å²) in [5, 5.41) is 0.761. The molecular weight excluding hydrogens is 280 g/mol. The second-order valence-electron chi connectivity index (χ2n) is 5.44. The summed E-state index contributed by atoms with van der Waals surface area (Å²) in [6.07, 6.45) is 5.67. The highest BCUT2D eigenvalue weighted by Crippen LogP contribution is 2.34. The van der Waals surface area contributed by atoms with E-state index in [1.165, 1.54) is 11.1 Å². The zero-order chi connectivity index (χ0) is 14.7. The molecule has 0 amide bonds. The third kappa shape index (κ3) is 2.86. The Hall–Kier alpha value is -2.06. The summed E-state index contributed by atoms with van der Waals surface area (Å²) < 4.78 is 2.11. The van der Waals surface area contributed by atoms with Crippen molar-refractivity contribution in [3.05, 3.63) is 89.5 Å². The summed E-state index contributed by atoms with van der Waals surface area (Å²) in [4.78, 5) is 4.15. The van der Waals surface area contributed by atoms with Crippen LogP contribution in [-0.4, -0.2) is 9.55 Å². The molecule has 3 rings (SSSR count). The van der Waals surface area contributed by atoms with Gasteiger partial charge in [0.2, 0.25) is 0 Å². The Morgan fingerprint density at radius 2 is 1.67 bits per heavy atom. The lowest BCUT2D eigenvalue weighted by atomic mass is 9.76. The second-order valence-corrected chi connectivity index (χ2v) is 5.88. The molecule has 21 heavy (non-hydrogen) atoms. The maximum Gasteiger partial charge on any atom is 0.0946 e. The number of rotatable bonds is 4. The highest BCUT2D eigenvalue weighted by atomic mass is 35.5. The van der Waals surface area contributed by atoms with Crippen LogP contribution >= 0.6 is 11.6 Å². The largest absolute Gasteiger partial charge is 0.336 e. The van der Waals surface area contributed by atoms with Gasteiger partial charge in [-0.2, -0.15) is 0 Å². The van der Waals surface area contributed by atoms with Crippen LogP contribution < -0.4 is 0 Å². The van der Waals surface area contributed by atoms with Crippen molar-refractivity contribution in [1.82, 2.24) is 9.55 Å². The Labute approximate surface area is 130 Å². The predicted molar refractivity (Wildman–Crippen MR) is 86.6 cm³/mol. The molecule has 0 fully saturated rings. The van der Waals surface area contributed by atoms with E-state index in [1.807, 2.05) is 36.9 Å². The van der Waals surface area contributed by atoms with Gasteiger partial charge in [0.05, 0.1) is 6.33 Å². The predicted octanol–water partition coefficient (Wildman–Crippen LogP) is 4.54. The van der Waals surface area contributed by atoms with E-state index >= 15 is 0 Å². The lowest BCUT2D eigenvalue weighted by Crippen LogP contribution is -2.29. The van der Waals surface area contributed by atoms with Gasteiger partial charge in [0.15, 0.2) is 0 Å². The Balaban J connectivity index is 2.08. The first kappa shape index (κ1) is 13.9. The number of imidazole rings is 1. The molecule has 1 heterocycles.